The number of hydrogen-bond donors (Lipinski definition) is 5. The van der Waals surface area contributed by atoms with Gasteiger partial charge in [-0.15, -0.1) is 0 Å². The third-order valence-corrected chi connectivity index (χ3v) is 6.27. The molecule has 0 aliphatic heterocycles. The number of rotatable bonds is 12. The van der Waals surface area contributed by atoms with Crippen LogP contribution in [0.2, 0.25) is 0 Å². The number of para-hydroxylation sites is 1. The van der Waals surface area contributed by atoms with Gasteiger partial charge in [0.1, 0.15) is 27.7 Å². The number of aromatic hydroxyl groups is 1. The molecule has 0 aliphatic carbocycles. The molecule has 0 fully saturated rings. The van der Waals surface area contributed by atoms with E-state index in [1.165, 1.54) is 36.4 Å². The number of nitrogens with zero attached hydrogens (tertiary/aromatic N) is 1. The number of esters is 1. The summed E-state index contributed by atoms with van der Waals surface area (Å²) in [6.07, 6.45) is 0. The minimum Gasteiger partial charge on any atom is -0.507 e. The fourth-order valence-electron chi connectivity index (χ4n) is 3.47. The number of hydrogen-bond acceptors (Lipinski definition) is 11. The maximum Gasteiger partial charge on any atom is 0.347 e. The van der Waals surface area contributed by atoms with Crippen LogP contribution in [0.5, 0.6) is 17.2 Å². The van der Waals surface area contributed by atoms with Crippen LogP contribution in [-0.2, 0) is 10.1 Å². The van der Waals surface area contributed by atoms with Crippen molar-refractivity contribution < 1.29 is 52.5 Å². The summed E-state index contributed by atoms with van der Waals surface area (Å²) in [6.45, 7) is 1.75. The highest BCUT2D eigenvalue weighted by molar-refractivity contribution is 7.86. The Morgan fingerprint density at radius 3 is 1.85 bits per heavy atom. The predicted molar refractivity (Wildman–Crippen MR) is 143 cm³/mol. The van der Waals surface area contributed by atoms with E-state index in [-0.39, 0.29) is 53.8 Å². The second-order valence-electron chi connectivity index (χ2n) is 8.09. The lowest BCUT2D eigenvalue weighted by atomic mass is 10.0. The first-order chi connectivity index (χ1) is 19.1. The van der Waals surface area contributed by atoms with E-state index in [2.05, 4.69) is 0 Å². The van der Waals surface area contributed by atoms with Crippen LogP contribution in [0.15, 0.2) is 71.6 Å². The van der Waals surface area contributed by atoms with Crippen molar-refractivity contribution in [2.75, 3.05) is 46.6 Å². The summed E-state index contributed by atoms with van der Waals surface area (Å²) in [7, 11) is -3.60. The van der Waals surface area contributed by atoms with Gasteiger partial charge in [0.25, 0.3) is 10.1 Å². The molecule has 3 aromatic carbocycles. The number of carbonyl (C=O) groups is 2. The van der Waals surface area contributed by atoms with Crippen molar-refractivity contribution in [3.05, 3.63) is 83.4 Å². The summed E-state index contributed by atoms with van der Waals surface area (Å²) in [5.74, 6) is -2.59. The fourth-order valence-corrected chi connectivity index (χ4v) is 4.13. The maximum atomic E-state index is 13.0. The summed E-state index contributed by atoms with van der Waals surface area (Å²) < 4.78 is 43.3. The molecule has 0 unspecified atom stereocenters. The predicted octanol–water partition coefficient (Wildman–Crippen LogP) is 1.36. The Morgan fingerprint density at radius 1 is 0.800 bits per heavy atom. The average molecular weight is 578 g/mol. The number of carbonyl (C=O) groups excluding carboxylic acids is 2. The first kappa shape index (κ1) is 32.4. The van der Waals surface area contributed by atoms with Gasteiger partial charge in [0.05, 0.1) is 32.5 Å². The van der Waals surface area contributed by atoms with Gasteiger partial charge in [-0.1, -0.05) is 42.5 Å². The number of phenolic OH excluding ortho intramolecular Hbond substituents is 1. The lowest BCUT2D eigenvalue weighted by Gasteiger charge is -2.17. The van der Waals surface area contributed by atoms with Crippen molar-refractivity contribution in [3.63, 3.8) is 0 Å². The Kier molecular flexibility index (Phi) is 12.7. The molecule has 40 heavy (non-hydrogen) atoms. The molecule has 0 atom stereocenters. The Hall–Kier alpha value is -3.85. The maximum absolute atomic E-state index is 13.0. The molecule has 0 aromatic heterocycles. The van der Waals surface area contributed by atoms with Gasteiger partial charge in [0, 0.05) is 31.3 Å². The van der Waals surface area contributed by atoms with E-state index >= 15 is 0 Å². The molecular formula is C27H31NO11S. The second kappa shape index (κ2) is 15.7. The van der Waals surface area contributed by atoms with E-state index < -0.39 is 26.8 Å². The third-order valence-electron chi connectivity index (χ3n) is 5.40. The molecule has 0 heterocycles. The number of aliphatic hydroxyl groups excluding tert-OH is 3. The first-order valence-corrected chi connectivity index (χ1v) is 13.4. The van der Waals surface area contributed by atoms with Gasteiger partial charge in [-0.05, 0) is 18.2 Å². The molecule has 5 N–H and O–H groups in total. The van der Waals surface area contributed by atoms with Crippen molar-refractivity contribution in [1.82, 2.24) is 4.90 Å². The molecule has 0 amide bonds. The molecule has 13 heteroatoms. The largest absolute Gasteiger partial charge is 0.507 e. The number of ketones is 1. The lowest BCUT2D eigenvalue weighted by molar-refractivity contribution is 0.0729. The Bertz CT molecular complexity index is 1360. The van der Waals surface area contributed by atoms with Crippen LogP contribution in [0.25, 0.3) is 0 Å². The summed E-state index contributed by atoms with van der Waals surface area (Å²) in [6, 6.07) is 15.4. The molecule has 0 bridgehead atoms. The smallest absolute Gasteiger partial charge is 0.347 e. The van der Waals surface area contributed by atoms with Crippen molar-refractivity contribution in [2.45, 2.75) is 4.90 Å². The topological polar surface area (TPSA) is 191 Å². The first-order valence-electron chi connectivity index (χ1n) is 11.9. The molecule has 216 valence electrons. The van der Waals surface area contributed by atoms with Crippen LogP contribution in [-0.4, -0.2) is 96.6 Å². The third kappa shape index (κ3) is 9.12. The molecule has 0 saturated carbocycles. The zero-order chi connectivity index (χ0) is 29.7. The van der Waals surface area contributed by atoms with Gasteiger partial charge in [-0.2, -0.15) is 8.42 Å². The van der Waals surface area contributed by atoms with Crippen molar-refractivity contribution in [2.24, 2.45) is 0 Å². The molecular weight excluding hydrogens is 546 g/mol. The van der Waals surface area contributed by atoms with Crippen molar-refractivity contribution >= 4 is 21.9 Å². The lowest BCUT2D eigenvalue weighted by Crippen LogP contribution is -2.32. The molecule has 3 rings (SSSR count). The van der Waals surface area contributed by atoms with Crippen LogP contribution in [0.1, 0.15) is 26.3 Å². The van der Waals surface area contributed by atoms with E-state index in [1.807, 2.05) is 0 Å². The van der Waals surface area contributed by atoms with Gasteiger partial charge in [0.2, 0.25) is 0 Å². The summed E-state index contributed by atoms with van der Waals surface area (Å²) in [5.41, 5.74) is -0.254. The highest BCUT2D eigenvalue weighted by Crippen LogP contribution is 2.34. The van der Waals surface area contributed by atoms with E-state index in [9.17, 15) is 27.7 Å². The number of benzene rings is 3. The Morgan fingerprint density at radius 2 is 1.35 bits per heavy atom. The van der Waals surface area contributed by atoms with E-state index in [0.717, 1.165) is 19.2 Å². The zero-order valence-corrected chi connectivity index (χ0v) is 22.5. The number of methoxy groups -OCH3 is 1. The van der Waals surface area contributed by atoms with Crippen LogP contribution in [0.4, 0.5) is 0 Å². The molecule has 3 aromatic rings. The Balaban J connectivity index is 0.000000478. The number of ether oxygens (including phenoxy) is 2. The van der Waals surface area contributed by atoms with Crippen LogP contribution >= 0.6 is 0 Å². The highest BCUT2D eigenvalue weighted by Gasteiger charge is 2.26. The minimum atomic E-state index is -4.75. The van der Waals surface area contributed by atoms with Gasteiger partial charge in [-0.3, -0.25) is 14.2 Å². The molecule has 12 nitrogen and oxygen atoms in total. The summed E-state index contributed by atoms with van der Waals surface area (Å²) in [5, 5.41) is 35.3. The fraction of sp³-hybridized carbons (Fsp3) is 0.259. The normalized spacial score (nSPS) is 10.9. The molecule has 0 aliphatic rings. The van der Waals surface area contributed by atoms with Gasteiger partial charge in [-0.25, -0.2) is 4.79 Å². The van der Waals surface area contributed by atoms with E-state index in [0.29, 0.717) is 19.6 Å². The molecule has 0 saturated heterocycles. The van der Waals surface area contributed by atoms with Crippen LogP contribution in [0.3, 0.4) is 0 Å². The Labute approximate surface area is 231 Å². The van der Waals surface area contributed by atoms with Gasteiger partial charge < -0.3 is 29.9 Å². The summed E-state index contributed by atoms with van der Waals surface area (Å²) in [4.78, 5) is 26.6. The number of phenols is 1. The van der Waals surface area contributed by atoms with Gasteiger partial charge >= 0.3 is 5.97 Å². The highest BCUT2D eigenvalue weighted by atomic mass is 32.2. The van der Waals surface area contributed by atoms with Crippen molar-refractivity contribution in [3.8, 4) is 17.2 Å². The van der Waals surface area contributed by atoms with Crippen molar-refractivity contribution in [1.29, 1.82) is 0 Å². The quantitative estimate of drug-likeness (QED) is 0.0900. The van der Waals surface area contributed by atoms with Gasteiger partial charge in [0.15, 0.2) is 5.78 Å². The minimum absolute atomic E-state index is 0.0694. The zero-order valence-electron chi connectivity index (χ0n) is 21.6. The van der Waals surface area contributed by atoms with E-state index in [1.54, 1.807) is 23.1 Å². The number of aliphatic hydroxyl groups is 3. The van der Waals surface area contributed by atoms with Crippen LogP contribution < -0.4 is 9.47 Å². The van der Waals surface area contributed by atoms with Crippen LogP contribution in [0, 0.1) is 0 Å². The monoisotopic (exact) mass is 577 g/mol. The summed E-state index contributed by atoms with van der Waals surface area (Å²) >= 11 is 0. The second-order valence-corrected chi connectivity index (χ2v) is 9.48. The SMILES string of the molecule is COc1cc(OC(=O)c2ccccc2O)c(C(=O)c2ccccc2)cc1S(=O)(=O)O.OCCN(CCO)CCO. The van der Waals surface area contributed by atoms with E-state index in [4.69, 9.17) is 24.8 Å². The molecule has 0 spiro atoms. The average Bonchev–Trinajstić information content (AvgIpc) is 2.93. The molecule has 0 radical (unpaired) electrons. The standard InChI is InChI=1S/C21H16O8S.C6H15NO3/c1-28-18-12-17(29-21(24)14-9-5-6-10-16(14)22)15(11-19(18)30(25,26)27)20(23)13-7-3-2-4-8-13;8-4-1-7(2-5-9)3-6-10/h2-12,22H,1H3,(H,25,26,27);8-10H,1-6H2.